The highest BCUT2D eigenvalue weighted by atomic mass is 35.5. The zero-order valence-corrected chi connectivity index (χ0v) is 19.0. The van der Waals surface area contributed by atoms with Crippen molar-refractivity contribution in [3.05, 3.63) is 76.6 Å². The summed E-state index contributed by atoms with van der Waals surface area (Å²) in [7, 11) is 0. The van der Waals surface area contributed by atoms with Gasteiger partial charge in [-0.05, 0) is 49.7 Å². The first kappa shape index (κ1) is 22.6. The van der Waals surface area contributed by atoms with Crippen LogP contribution in [0.2, 0.25) is 5.02 Å². The molecule has 1 amide bonds. The van der Waals surface area contributed by atoms with Crippen LogP contribution in [-0.4, -0.2) is 47.0 Å². The van der Waals surface area contributed by atoms with E-state index in [2.05, 4.69) is 4.98 Å². The minimum Gasteiger partial charge on any atom is -0.464 e. The quantitative estimate of drug-likeness (QED) is 0.564. The van der Waals surface area contributed by atoms with Gasteiger partial charge in [0.1, 0.15) is 6.04 Å². The molecule has 170 valence electrons. The second-order valence-electron chi connectivity index (χ2n) is 7.48. The van der Waals surface area contributed by atoms with Gasteiger partial charge in [0.05, 0.1) is 24.5 Å². The number of aromatic amines is 1. The van der Waals surface area contributed by atoms with Gasteiger partial charge in [0.25, 0.3) is 5.91 Å². The topological polar surface area (TPSA) is 88.7 Å². The summed E-state index contributed by atoms with van der Waals surface area (Å²) in [5.74, 6) is -1.61. The monoisotopic (exact) mass is 466 g/mol. The van der Waals surface area contributed by atoms with Gasteiger partial charge < -0.3 is 14.5 Å². The van der Waals surface area contributed by atoms with Crippen LogP contribution in [0.1, 0.15) is 35.5 Å². The van der Waals surface area contributed by atoms with Crippen molar-refractivity contribution in [2.45, 2.75) is 26.3 Å². The molecule has 2 heterocycles. The lowest BCUT2D eigenvalue weighted by molar-refractivity contribution is -0.147. The molecule has 1 aromatic heterocycles. The first-order chi connectivity index (χ1) is 15.9. The standard InChI is InChI=1S/C25H23ClN2O5/c1-3-32-24(30)19-14-28(23(29)15-9-11-16(26)12-10-15)21(25(31)33-4-2)13-18-17-7-5-6-8-20(17)27-22(18)19/h5-12,14,21,27H,3-4,13H2,1-2H3. The molecule has 33 heavy (non-hydrogen) atoms. The Kier molecular flexibility index (Phi) is 6.51. The maximum absolute atomic E-state index is 13.5. The van der Waals surface area contributed by atoms with Crippen LogP contribution in [0.25, 0.3) is 16.5 Å². The number of benzene rings is 2. The predicted molar refractivity (Wildman–Crippen MR) is 125 cm³/mol. The molecule has 1 atom stereocenters. The smallest absolute Gasteiger partial charge is 0.341 e. The Morgan fingerprint density at radius 1 is 1.03 bits per heavy atom. The summed E-state index contributed by atoms with van der Waals surface area (Å²) in [6.07, 6.45) is 1.55. The van der Waals surface area contributed by atoms with Gasteiger partial charge in [0, 0.05) is 34.1 Å². The molecule has 0 fully saturated rings. The summed E-state index contributed by atoms with van der Waals surface area (Å²) in [6.45, 7) is 3.74. The predicted octanol–water partition coefficient (Wildman–Crippen LogP) is 4.36. The number of nitrogens with zero attached hydrogens (tertiary/aromatic N) is 1. The summed E-state index contributed by atoms with van der Waals surface area (Å²) in [6, 6.07) is 12.9. The number of para-hydroxylation sites is 1. The van der Waals surface area contributed by atoms with Crippen LogP contribution >= 0.6 is 11.6 Å². The van der Waals surface area contributed by atoms with E-state index in [0.29, 0.717) is 16.3 Å². The first-order valence-electron chi connectivity index (χ1n) is 10.7. The van der Waals surface area contributed by atoms with Gasteiger partial charge in [0.15, 0.2) is 0 Å². The zero-order chi connectivity index (χ0) is 23.5. The molecule has 0 radical (unpaired) electrons. The number of hydrogen-bond acceptors (Lipinski definition) is 5. The van der Waals surface area contributed by atoms with Crippen LogP contribution < -0.4 is 0 Å². The minimum absolute atomic E-state index is 0.160. The highest BCUT2D eigenvalue weighted by Crippen LogP contribution is 2.34. The van der Waals surface area contributed by atoms with Gasteiger partial charge in [-0.15, -0.1) is 0 Å². The second kappa shape index (κ2) is 9.50. The highest BCUT2D eigenvalue weighted by Gasteiger charge is 2.37. The van der Waals surface area contributed by atoms with Gasteiger partial charge in [-0.25, -0.2) is 9.59 Å². The van der Waals surface area contributed by atoms with E-state index in [9.17, 15) is 14.4 Å². The number of amides is 1. The molecule has 8 heteroatoms. The van der Waals surface area contributed by atoms with E-state index in [1.165, 1.54) is 11.1 Å². The Bertz CT molecular complexity index is 1250. The van der Waals surface area contributed by atoms with E-state index in [4.69, 9.17) is 21.1 Å². The van der Waals surface area contributed by atoms with E-state index >= 15 is 0 Å². The van der Waals surface area contributed by atoms with Crippen LogP contribution in [0.4, 0.5) is 0 Å². The van der Waals surface area contributed by atoms with E-state index in [1.807, 2.05) is 24.3 Å². The van der Waals surface area contributed by atoms with E-state index in [0.717, 1.165) is 16.5 Å². The fourth-order valence-electron chi connectivity index (χ4n) is 3.97. The highest BCUT2D eigenvalue weighted by molar-refractivity contribution is 6.30. The molecule has 0 saturated carbocycles. The molecule has 7 nitrogen and oxygen atoms in total. The van der Waals surface area contributed by atoms with Crippen LogP contribution in [0.15, 0.2) is 54.7 Å². The lowest BCUT2D eigenvalue weighted by atomic mass is 10.0. The van der Waals surface area contributed by atoms with Crippen molar-refractivity contribution >= 4 is 45.9 Å². The summed E-state index contributed by atoms with van der Waals surface area (Å²) < 4.78 is 10.6. The maximum atomic E-state index is 13.5. The van der Waals surface area contributed by atoms with E-state index in [-0.39, 0.29) is 25.2 Å². The molecule has 0 bridgehead atoms. The number of hydrogen-bond donors (Lipinski definition) is 1. The second-order valence-corrected chi connectivity index (χ2v) is 7.92. The molecule has 0 spiro atoms. The molecule has 4 rings (SSSR count). The number of fused-ring (bicyclic) bond motifs is 3. The van der Waals surface area contributed by atoms with Gasteiger partial charge in [-0.1, -0.05) is 29.8 Å². The Labute approximate surface area is 195 Å². The van der Waals surface area contributed by atoms with Crippen molar-refractivity contribution in [1.29, 1.82) is 0 Å². The van der Waals surface area contributed by atoms with E-state index in [1.54, 1.807) is 38.1 Å². The Balaban J connectivity index is 1.91. The average Bonchev–Trinajstić information content (AvgIpc) is 3.07. The molecule has 0 saturated heterocycles. The molecule has 1 aliphatic heterocycles. The van der Waals surface area contributed by atoms with Crippen molar-refractivity contribution in [3.8, 4) is 0 Å². The number of carbonyl (C=O) groups is 3. The number of carbonyl (C=O) groups excluding carboxylic acids is 3. The van der Waals surface area contributed by atoms with Gasteiger partial charge in [0.2, 0.25) is 0 Å². The molecule has 2 aromatic carbocycles. The number of nitrogens with one attached hydrogen (secondary N) is 1. The van der Waals surface area contributed by atoms with Gasteiger partial charge in [-0.2, -0.15) is 0 Å². The normalized spacial score (nSPS) is 15.4. The summed E-state index contributed by atoms with van der Waals surface area (Å²) in [5.41, 5.74) is 2.57. The summed E-state index contributed by atoms with van der Waals surface area (Å²) in [5, 5.41) is 1.34. The van der Waals surface area contributed by atoms with Crippen LogP contribution in [0.5, 0.6) is 0 Å². The third-order valence-electron chi connectivity index (χ3n) is 5.46. The fraction of sp³-hybridized carbons (Fsp3) is 0.240. The van der Waals surface area contributed by atoms with Crippen LogP contribution in [0, 0.1) is 0 Å². The third kappa shape index (κ3) is 4.36. The SMILES string of the molecule is CCOC(=O)C1=CN(C(=O)c2ccc(Cl)cc2)C(C(=O)OCC)Cc2c1[nH]c1ccccc21. The number of halogens is 1. The van der Waals surface area contributed by atoms with Crippen LogP contribution in [-0.2, 0) is 25.5 Å². The lowest BCUT2D eigenvalue weighted by Gasteiger charge is -2.26. The maximum Gasteiger partial charge on any atom is 0.341 e. The average molecular weight is 467 g/mol. The van der Waals surface area contributed by atoms with Gasteiger partial charge >= 0.3 is 11.9 Å². The largest absolute Gasteiger partial charge is 0.464 e. The molecule has 1 aliphatic rings. The molecule has 0 aliphatic carbocycles. The van der Waals surface area contributed by atoms with Crippen molar-refractivity contribution in [2.24, 2.45) is 0 Å². The van der Waals surface area contributed by atoms with Crippen molar-refractivity contribution in [2.75, 3.05) is 13.2 Å². The molecule has 3 aromatic rings. The first-order valence-corrected chi connectivity index (χ1v) is 11.1. The zero-order valence-electron chi connectivity index (χ0n) is 18.3. The number of ether oxygens (including phenoxy) is 2. The van der Waals surface area contributed by atoms with Gasteiger partial charge in [-0.3, -0.25) is 9.69 Å². The van der Waals surface area contributed by atoms with Crippen molar-refractivity contribution in [3.63, 3.8) is 0 Å². The number of H-pyrrole nitrogens is 1. The lowest BCUT2D eigenvalue weighted by Crippen LogP contribution is -2.43. The Morgan fingerprint density at radius 2 is 1.73 bits per heavy atom. The third-order valence-corrected chi connectivity index (χ3v) is 5.72. The minimum atomic E-state index is -0.974. The molecule has 1 N–H and O–H groups in total. The van der Waals surface area contributed by atoms with Crippen molar-refractivity contribution in [1.82, 2.24) is 9.88 Å². The summed E-state index contributed by atoms with van der Waals surface area (Å²) in [4.78, 5) is 44.0. The summed E-state index contributed by atoms with van der Waals surface area (Å²) >= 11 is 5.97. The number of aromatic nitrogens is 1. The Morgan fingerprint density at radius 3 is 2.42 bits per heavy atom. The fourth-order valence-corrected chi connectivity index (χ4v) is 4.09. The Hall–Kier alpha value is -3.58. The molecular weight excluding hydrogens is 444 g/mol. The number of rotatable bonds is 5. The number of esters is 2. The molecular formula is C25H23ClN2O5. The molecule has 1 unspecified atom stereocenters. The van der Waals surface area contributed by atoms with Crippen molar-refractivity contribution < 1.29 is 23.9 Å². The van der Waals surface area contributed by atoms with Crippen LogP contribution in [0.3, 0.4) is 0 Å². The van der Waals surface area contributed by atoms with E-state index < -0.39 is 23.9 Å².